The molecule has 0 radical (unpaired) electrons. The lowest BCUT2D eigenvalue weighted by Crippen LogP contribution is -2.51. The molecule has 12 heteroatoms. The number of nitrogens with zero attached hydrogens (tertiary/aromatic N) is 1. The third-order valence-corrected chi connectivity index (χ3v) is 9.55. The van der Waals surface area contributed by atoms with Gasteiger partial charge in [-0.3, -0.25) is 0 Å². The van der Waals surface area contributed by atoms with Gasteiger partial charge in [-0.25, -0.2) is 13.2 Å². The minimum Gasteiger partial charge on any atom is -0.444 e. The van der Waals surface area contributed by atoms with Crippen LogP contribution in [0.1, 0.15) is 25.8 Å². The number of nitrogens with one attached hydrogen (secondary N) is 1. The van der Waals surface area contributed by atoms with E-state index in [1.807, 2.05) is 44.2 Å². The Hall–Kier alpha value is -1.40. The molecule has 8 nitrogen and oxygen atoms in total. The molecule has 35 heavy (non-hydrogen) atoms. The smallest absolute Gasteiger partial charge is 0.407 e. The quantitative estimate of drug-likeness (QED) is 0.424. The maximum absolute atomic E-state index is 13.4. The number of alkyl carbamates (subject to hydrolysis) is 1. The highest BCUT2D eigenvalue weighted by Gasteiger charge is 2.33. The molecule has 3 rings (SSSR count). The first-order valence-corrected chi connectivity index (χ1v) is 14.3. The molecule has 1 aromatic carbocycles. The summed E-state index contributed by atoms with van der Waals surface area (Å²) in [5, 5.41) is 14.1. The van der Waals surface area contributed by atoms with Gasteiger partial charge in [-0.2, -0.15) is 4.31 Å². The Kier molecular flexibility index (Phi) is 10.2. The van der Waals surface area contributed by atoms with Crippen molar-refractivity contribution in [2.75, 3.05) is 26.3 Å². The first-order chi connectivity index (χ1) is 16.6. The van der Waals surface area contributed by atoms with Gasteiger partial charge in [0.25, 0.3) is 10.0 Å². The Balaban J connectivity index is 1.80. The van der Waals surface area contributed by atoms with Crippen LogP contribution in [-0.2, 0) is 25.9 Å². The number of rotatable bonds is 11. The summed E-state index contributed by atoms with van der Waals surface area (Å²) < 4.78 is 38.8. The second-order valence-corrected chi connectivity index (χ2v) is 13.0. The van der Waals surface area contributed by atoms with Crippen LogP contribution < -0.4 is 5.32 Å². The Labute approximate surface area is 220 Å². The first-order valence-electron chi connectivity index (χ1n) is 11.3. The predicted molar refractivity (Wildman–Crippen MR) is 137 cm³/mol. The van der Waals surface area contributed by atoms with Crippen molar-refractivity contribution in [3.8, 4) is 0 Å². The summed E-state index contributed by atoms with van der Waals surface area (Å²) in [6.45, 7) is 4.53. The van der Waals surface area contributed by atoms with Gasteiger partial charge < -0.3 is 19.9 Å². The van der Waals surface area contributed by atoms with Gasteiger partial charge in [0, 0.05) is 19.5 Å². The largest absolute Gasteiger partial charge is 0.444 e. The van der Waals surface area contributed by atoms with Crippen LogP contribution in [0, 0.1) is 5.92 Å². The molecule has 1 amide bonds. The van der Waals surface area contributed by atoms with Gasteiger partial charge in [-0.05, 0) is 24.0 Å². The van der Waals surface area contributed by atoms with Crippen molar-refractivity contribution in [1.29, 1.82) is 0 Å². The monoisotopic (exact) mass is 564 g/mol. The first kappa shape index (κ1) is 28.2. The van der Waals surface area contributed by atoms with E-state index >= 15 is 0 Å². The SMILES string of the molecule is CC(C)CN(C[C@@H](O)[C@H](Cc1ccccc1)NC(=O)O[C@@H]1CCOC1)S(=O)(=O)c1cc(Cl)c(Cl)s1. The normalized spacial score (nSPS) is 18.1. The highest BCUT2D eigenvalue weighted by Crippen LogP contribution is 2.36. The van der Waals surface area contributed by atoms with E-state index in [0.717, 1.165) is 16.9 Å². The topological polar surface area (TPSA) is 105 Å². The van der Waals surface area contributed by atoms with E-state index in [9.17, 15) is 18.3 Å². The Bertz CT molecular complexity index is 1060. The van der Waals surface area contributed by atoms with Crippen molar-refractivity contribution in [1.82, 2.24) is 9.62 Å². The molecular weight excluding hydrogens is 535 g/mol. The molecular formula is C23H30Cl2N2O6S2. The number of hydrogen-bond acceptors (Lipinski definition) is 7. The van der Waals surface area contributed by atoms with E-state index in [2.05, 4.69) is 5.32 Å². The van der Waals surface area contributed by atoms with Crippen LogP contribution in [-0.4, -0.2) is 68.5 Å². The second kappa shape index (κ2) is 12.7. The minimum absolute atomic E-state index is 0.00596. The molecule has 2 heterocycles. The number of halogens is 2. The number of hydrogen-bond donors (Lipinski definition) is 2. The molecule has 2 N–H and O–H groups in total. The number of thiophene rings is 1. The molecule has 1 fully saturated rings. The lowest BCUT2D eigenvalue weighted by molar-refractivity contribution is 0.0644. The summed E-state index contributed by atoms with van der Waals surface area (Å²) in [4.78, 5) is 12.6. The van der Waals surface area contributed by atoms with Crippen molar-refractivity contribution in [2.24, 2.45) is 5.92 Å². The number of aliphatic hydroxyl groups excluding tert-OH is 1. The molecule has 0 saturated carbocycles. The highest BCUT2D eigenvalue weighted by atomic mass is 35.5. The zero-order chi connectivity index (χ0) is 25.6. The van der Waals surface area contributed by atoms with Gasteiger partial charge in [-0.1, -0.05) is 67.4 Å². The van der Waals surface area contributed by atoms with Gasteiger partial charge in [0.15, 0.2) is 0 Å². The molecule has 194 valence electrons. The van der Waals surface area contributed by atoms with Gasteiger partial charge >= 0.3 is 6.09 Å². The third-order valence-electron chi connectivity index (χ3n) is 5.40. The number of carbonyl (C=O) groups excluding carboxylic acids is 1. The van der Waals surface area contributed by atoms with E-state index in [4.69, 9.17) is 32.7 Å². The maximum Gasteiger partial charge on any atom is 0.407 e. The van der Waals surface area contributed by atoms with Crippen molar-refractivity contribution >= 4 is 50.7 Å². The van der Waals surface area contributed by atoms with Gasteiger partial charge in [-0.15, -0.1) is 11.3 Å². The molecule has 1 saturated heterocycles. The van der Waals surface area contributed by atoms with Gasteiger partial charge in [0.2, 0.25) is 0 Å². The average Bonchev–Trinajstić information content (AvgIpc) is 3.43. The molecule has 0 bridgehead atoms. The summed E-state index contributed by atoms with van der Waals surface area (Å²) in [5.41, 5.74) is 0.871. The number of ether oxygens (including phenoxy) is 2. The van der Waals surface area contributed by atoms with E-state index in [1.165, 1.54) is 10.4 Å². The van der Waals surface area contributed by atoms with Crippen LogP contribution in [0.4, 0.5) is 4.79 Å². The number of sulfonamides is 1. The summed E-state index contributed by atoms with van der Waals surface area (Å²) in [5.74, 6) is -0.0178. The van der Waals surface area contributed by atoms with E-state index in [0.29, 0.717) is 19.6 Å². The number of carbonyl (C=O) groups is 1. The van der Waals surface area contributed by atoms with Crippen LogP contribution in [0.3, 0.4) is 0 Å². The highest BCUT2D eigenvalue weighted by molar-refractivity contribution is 7.91. The molecule has 1 aliphatic heterocycles. The third kappa shape index (κ3) is 8.04. The van der Waals surface area contributed by atoms with Crippen molar-refractivity contribution in [3.05, 3.63) is 51.3 Å². The number of amides is 1. The average molecular weight is 566 g/mol. The zero-order valence-corrected chi connectivity index (χ0v) is 22.7. The second-order valence-electron chi connectivity index (χ2n) is 8.80. The lowest BCUT2D eigenvalue weighted by Gasteiger charge is -2.30. The summed E-state index contributed by atoms with van der Waals surface area (Å²) in [6.07, 6.45) is -1.37. The van der Waals surface area contributed by atoms with Crippen molar-refractivity contribution in [2.45, 2.75) is 49.1 Å². The maximum atomic E-state index is 13.4. The summed E-state index contributed by atoms with van der Waals surface area (Å²) in [7, 11) is -3.98. The Morgan fingerprint density at radius 1 is 1.29 bits per heavy atom. The van der Waals surface area contributed by atoms with E-state index in [-0.39, 0.29) is 45.1 Å². The number of benzene rings is 1. The van der Waals surface area contributed by atoms with Crippen LogP contribution in [0.25, 0.3) is 0 Å². The molecule has 0 aliphatic carbocycles. The van der Waals surface area contributed by atoms with Gasteiger partial charge in [0.1, 0.15) is 14.6 Å². The molecule has 2 aromatic rings. The van der Waals surface area contributed by atoms with Crippen molar-refractivity contribution < 1.29 is 27.8 Å². The summed E-state index contributed by atoms with van der Waals surface area (Å²) >= 11 is 12.9. The van der Waals surface area contributed by atoms with Crippen LogP contribution in [0.15, 0.2) is 40.6 Å². The molecule has 3 atom stereocenters. The molecule has 1 aromatic heterocycles. The van der Waals surface area contributed by atoms with Crippen LogP contribution in [0.2, 0.25) is 9.36 Å². The lowest BCUT2D eigenvalue weighted by atomic mass is 10.0. The van der Waals surface area contributed by atoms with Crippen LogP contribution in [0.5, 0.6) is 0 Å². The zero-order valence-electron chi connectivity index (χ0n) is 19.5. The van der Waals surface area contributed by atoms with Crippen LogP contribution >= 0.6 is 34.5 Å². The minimum atomic E-state index is -3.98. The fraction of sp³-hybridized carbons (Fsp3) is 0.522. The Morgan fingerprint density at radius 3 is 2.57 bits per heavy atom. The fourth-order valence-electron chi connectivity index (χ4n) is 3.69. The molecule has 1 aliphatic rings. The van der Waals surface area contributed by atoms with E-state index < -0.39 is 28.3 Å². The summed E-state index contributed by atoms with van der Waals surface area (Å²) in [6, 6.07) is 9.83. The fourth-order valence-corrected chi connectivity index (χ4v) is 7.35. The predicted octanol–water partition coefficient (Wildman–Crippen LogP) is 4.19. The standard InChI is InChI=1S/C23H30Cl2N2O6S2/c1-15(2)12-27(35(30,31)21-11-18(24)22(25)34-21)13-20(28)19(10-16-6-4-3-5-7-16)26-23(29)33-17-8-9-32-14-17/h3-7,11,15,17,19-20,28H,8-10,12-14H2,1-2H3,(H,26,29)/t17-,19+,20-/m1/s1. The molecule has 0 spiro atoms. The van der Waals surface area contributed by atoms with Gasteiger partial charge in [0.05, 0.1) is 30.4 Å². The number of aliphatic hydroxyl groups is 1. The van der Waals surface area contributed by atoms with Crippen molar-refractivity contribution in [3.63, 3.8) is 0 Å². The molecule has 0 unspecified atom stereocenters. The van der Waals surface area contributed by atoms with E-state index in [1.54, 1.807) is 0 Å². The Morgan fingerprint density at radius 2 is 2.00 bits per heavy atom.